The summed E-state index contributed by atoms with van der Waals surface area (Å²) in [6, 6.07) is 4.16. The summed E-state index contributed by atoms with van der Waals surface area (Å²) in [5.41, 5.74) is 5.75. The van der Waals surface area contributed by atoms with Crippen LogP contribution in [0.3, 0.4) is 0 Å². The number of nitrogen functional groups attached to an aromatic ring is 1. The first kappa shape index (κ1) is 10.3. The molecule has 0 radical (unpaired) electrons. The first-order chi connectivity index (χ1) is 5.95. The summed E-state index contributed by atoms with van der Waals surface area (Å²) in [4.78, 5) is 0.0694. The Morgan fingerprint density at radius 1 is 1.38 bits per heavy atom. The van der Waals surface area contributed by atoms with E-state index in [0.717, 1.165) is 0 Å². The standard InChI is InChI=1S/C7H9ClN2O2S/c1-10-13(11,12)7-3-5(8)2-6(9)4-7/h2-4,10H,9H2,1H3. The van der Waals surface area contributed by atoms with Crippen molar-refractivity contribution in [1.82, 2.24) is 4.72 Å². The van der Waals surface area contributed by atoms with Gasteiger partial charge in [0.25, 0.3) is 0 Å². The van der Waals surface area contributed by atoms with Crippen LogP contribution in [0.25, 0.3) is 0 Å². The van der Waals surface area contributed by atoms with Crippen LogP contribution in [0.2, 0.25) is 5.02 Å². The molecule has 0 atom stereocenters. The van der Waals surface area contributed by atoms with E-state index in [0.29, 0.717) is 10.7 Å². The number of anilines is 1. The fourth-order valence-corrected chi connectivity index (χ4v) is 1.97. The second kappa shape index (κ2) is 3.53. The van der Waals surface area contributed by atoms with Gasteiger partial charge in [-0.3, -0.25) is 0 Å². The summed E-state index contributed by atoms with van der Waals surface area (Å²) in [6.07, 6.45) is 0. The fourth-order valence-electron chi connectivity index (χ4n) is 0.857. The van der Waals surface area contributed by atoms with Crippen LogP contribution >= 0.6 is 11.6 Å². The van der Waals surface area contributed by atoms with E-state index in [2.05, 4.69) is 4.72 Å². The van der Waals surface area contributed by atoms with E-state index in [1.165, 1.54) is 25.2 Å². The quantitative estimate of drug-likeness (QED) is 0.726. The van der Waals surface area contributed by atoms with Crippen molar-refractivity contribution in [3.05, 3.63) is 23.2 Å². The molecule has 4 nitrogen and oxygen atoms in total. The molecule has 1 aromatic carbocycles. The first-order valence-electron chi connectivity index (χ1n) is 3.45. The minimum atomic E-state index is -3.46. The Labute approximate surface area is 81.8 Å². The van der Waals surface area contributed by atoms with Crippen molar-refractivity contribution in [3.63, 3.8) is 0 Å². The molecule has 0 aliphatic carbocycles. The Bertz CT molecular complexity index is 396. The monoisotopic (exact) mass is 220 g/mol. The van der Waals surface area contributed by atoms with Crippen molar-refractivity contribution in [2.45, 2.75) is 4.90 Å². The third kappa shape index (κ3) is 2.33. The van der Waals surface area contributed by atoms with Crippen LogP contribution < -0.4 is 10.5 Å². The van der Waals surface area contributed by atoms with Gasteiger partial charge in [0.15, 0.2) is 0 Å². The van der Waals surface area contributed by atoms with Crippen LogP contribution in [-0.4, -0.2) is 15.5 Å². The Hall–Kier alpha value is -0.780. The minimum Gasteiger partial charge on any atom is -0.399 e. The third-order valence-electron chi connectivity index (χ3n) is 1.47. The summed E-state index contributed by atoms with van der Waals surface area (Å²) in [5.74, 6) is 0. The molecule has 0 unspecified atom stereocenters. The summed E-state index contributed by atoms with van der Waals surface area (Å²) in [5, 5.41) is 0.300. The van der Waals surface area contributed by atoms with Gasteiger partial charge in [0.2, 0.25) is 10.0 Å². The van der Waals surface area contributed by atoms with E-state index < -0.39 is 10.0 Å². The molecule has 6 heteroatoms. The van der Waals surface area contributed by atoms with Crippen LogP contribution in [0, 0.1) is 0 Å². The molecule has 0 aliphatic heterocycles. The molecule has 0 bridgehead atoms. The smallest absolute Gasteiger partial charge is 0.240 e. The highest BCUT2D eigenvalue weighted by atomic mass is 35.5. The van der Waals surface area contributed by atoms with Gasteiger partial charge in [-0.1, -0.05) is 11.6 Å². The zero-order chi connectivity index (χ0) is 10.1. The van der Waals surface area contributed by atoms with Crippen molar-refractivity contribution in [2.75, 3.05) is 12.8 Å². The highest BCUT2D eigenvalue weighted by Crippen LogP contribution is 2.19. The van der Waals surface area contributed by atoms with E-state index in [1.807, 2.05) is 0 Å². The zero-order valence-electron chi connectivity index (χ0n) is 6.91. The van der Waals surface area contributed by atoms with E-state index in [4.69, 9.17) is 17.3 Å². The maximum absolute atomic E-state index is 11.3. The molecule has 0 heterocycles. The maximum atomic E-state index is 11.3. The fraction of sp³-hybridized carbons (Fsp3) is 0.143. The molecule has 1 aromatic rings. The van der Waals surface area contributed by atoms with E-state index in [-0.39, 0.29) is 4.90 Å². The Balaban J connectivity index is 3.32. The largest absolute Gasteiger partial charge is 0.399 e. The molecular formula is C7H9ClN2O2S. The molecule has 0 aromatic heterocycles. The molecule has 0 saturated carbocycles. The van der Waals surface area contributed by atoms with Crippen molar-refractivity contribution >= 4 is 27.3 Å². The second-order valence-corrected chi connectivity index (χ2v) is 4.75. The van der Waals surface area contributed by atoms with Gasteiger partial charge in [-0.25, -0.2) is 13.1 Å². The van der Waals surface area contributed by atoms with Crippen LogP contribution in [0.4, 0.5) is 5.69 Å². The molecule has 0 amide bonds. The van der Waals surface area contributed by atoms with Crippen molar-refractivity contribution in [3.8, 4) is 0 Å². The first-order valence-corrected chi connectivity index (χ1v) is 5.31. The Morgan fingerprint density at radius 2 is 2.00 bits per heavy atom. The number of nitrogens with one attached hydrogen (secondary N) is 1. The van der Waals surface area contributed by atoms with Crippen LogP contribution in [0.15, 0.2) is 23.1 Å². The molecule has 72 valence electrons. The summed E-state index contributed by atoms with van der Waals surface area (Å²) >= 11 is 5.64. The van der Waals surface area contributed by atoms with Gasteiger partial charge in [0.1, 0.15) is 0 Å². The number of halogens is 1. The zero-order valence-corrected chi connectivity index (χ0v) is 8.48. The van der Waals surface area contributed by atoms with Gasteiger partial charge in [0.05, 0.1) is 4.90 Å². The number of hydrogen-bond acceptors (Lipinski definition) is 3. The van der Waals surface area contributed by atoms with E-state index in [9.17, 15) is 8.42 Å². The third-order valence-corrected chi connectivity index (χ3v) is 3.08. The van der Waals surface area contributed by atoms with E-state index in [1.54, 1.807) is 0 Å². The Kier molecular flexibility index (Phi) is 2.80. The van der Waals surface area contributed by atoms with Crippen LogP contribution in [0.1, 0.15) is 0 Å². The molecule has 0 saturated heterocycles. The predicted octanol–water partition coefficient (Wildman–Crippen LogP) is 0.830. The molecule has 13 heavy (non-hydrogen) atoms. The number of hydrogen-bond donors (Lipinski definition) is 2. The lowest BCUT2D eigenvalue weighted by Crippen LogP contribution is -2.18. The molecule has 3 N–H and O–H groups in total. The number of benzene rings is 1. The highest BCUT2D eigenvalue weighted by molar-refractivity contribution is 7.89. The van der Waals surface area contributed by atoms with Gasteiger partial charge in [-0.05, 0) is 25.2 Å². The molecule has 1 rings (SSSR count). The molecule has 0 aliphatic rings. The van der Waals surface area contributed by atoms with Crippen molar-refractivity contribution in [2.24, 2.45) is 0 Å². The number of sulfonamides is 1. The number of rotatable bonds is 2. The average molecular weight is 221 g/mol. The highest BCUT2D eigenvalue weighted by Gasteiger charge is 2.11. The topological polar surface area (TPSA) is 72.2 Å². The SMILES string of the molecule is CNS(=O)(=O)c1cc(N)cc(Cl)c1. The van der Waals surface area contributed by atoms with Crippen molar-refractivity contribution < 1.29 is 8.42 Å². The lowest BCUT2D eigenvalue weighted by Gasteiger charge is -2.03. The summed E-state index contributed by atoms with van der Waals surface area (Å²) < 4.78 is 24.7. The van der Waals surface area contributed by atoms with Crippen LogP contribution in [-0.2, 0) is 10.0 Å². The predicted molar refractivity (Wildman–Crippen MR) is 52.1 cm³/mol. The average Bonchev–Trinajstić information content (AvgIpc) is 2.02. The number of nitrogens with two attached hydrogens (primary N) is 1. The lowest BCUT2D eigenvalue weighted by molar-refractivity contribution is 0.588. The minimum absolute atomic E-state index is 0.0694. The molecular weight excluding hydrogens is 212 g/mol. The van der Waals surface area contributed by atoms with Gasteiger partial charge < -0.3 is 5.73 Å². The lowest BCUT2D eigenvalue weighted by atomic mass is 10.3. The van der Waals surface area contributed by atoms with Crippen LogP contribution in [0.5, 0.6) is 0 Å². The normalized spacial score (nSPS) is 11.5. The van der Waals surface area contributed by atoms with Gasteiger partial charge in [0, 0.05) is 10.7 Å². The van der Waals surface area contributed by atoms with Gasteiger partial charge in [-0.15, -0.1) is 0 Å². The second-order valence-electron chi connectivity index (χ2n) is 2.43. The summed E-state index contributed by atoms with van der Waals surface area (Å²) in [6.45, 7) is 0. The Morgan fingerprint density at radius 3 is 2.46 bits per heavy atom. The molecule has 0 fully saturated rings. The van der Waals surface area contributed by atoms with Crippen molar-refractivity contribution in [1.29, 1.82) is 0 Å². The van der Waals surface area contributed by atoms with E-state index >= 15 is 0 Å². The van der Waals surface area contributed by atoms with Gasteiger partial charge in [-0.2, -0.15) is 0 Å². The maximum Gasteiger partial charge on any atom is 0.240 e. The van der Waals surface area contributed by atoms with Gasteiger partial charge >= 0.3 is 0 Å². The molecule has 0 spiro atoms. The summed E-state index contributed by atoms with van der Waals surface area (Å²) in [7, 11) is -2.13.